The summed E-state index contributed by atoms with van der Waals surface area (Å²) >= 11 is 0. The van der Waals surface area contributed by atoms with E-state index < -0.39 is 16.3 Å². The molecule has 0 radical (unpaired) electrons. The molecular weight excluding hydrogens is 222 g/mol. The Balaban J connectivity index is 3.82. The monoisotopic (exact) mass is 239 g/mol. The van der Waals surface area contributed by atoms with Crippen LogP contribution in [0.2, 0.25) is 0 Å². The fourth-order valence-corrected chi connectivity index (χ4v) is 1.48. The molecule has 0 aliphatic carbocycles. The maximum Gasteiger partial charge on any atom is 0.421 e. The summed E-state index contributed by atoms with van der Waals surface area (Å²) in [4.78, 5) is 10.8. The molecule has 0 fully saturated rings. The zero-order chi connectivity index (χ0) is 11.7. The van der Waals surface area contributed by atoms with Gasteiger partial charge in [0, 0.05) is 13.1 Å². The van der Waals surface area contributed by atoms with Crippen LogP contribution in [0.5, 0.6) is 0 Å². The Kier molecular flexibility index (Phi) is 7.01. The van der Waals surface area contributed by atoms with Crippen molar-refractivity contribution in [2.45, 2.75) is 13.8 Å². The minimum atomic E-state index is -3.80. The molecule has 0 spiro atoms. The maximum absolute atomic E-state index is 11.1. The molecule has 3 N–H and O–H groups in total. The standard InChI is InChI=1S/C7H17N3O4S/c1-3-8-5-6-9-15(12,13)10-7(11)14-4-2/h8-9H,3-6H2,1-2H3,(H,10,11). The molecule has 0 rings (SSSR count). The molecule has 0 aliphatic rings. The van der Waals surface area contributed by atoms with Crippen LogP contribution in [0.25, 0.3) is 0 Å². The van der Waals surface area contributed by atoms with Gasteiger partial charge in [-0.25, -0.2) is 9.52 Å². The van der Waals surface area contributed by atoms with Crippen LogP contribution in [0.3, 0.4) is 0 Å². The molecule has 15 heavy (non-hydrogen) atoms. The van der Waals surface area contributed by atoms with Crippen molar-refractivity contribution in [3.8, 4) is 0 Å². The molecule has 1 amide bonds. The van der Waals surface area contributed by atoms with E-state index in [9.17, 15) is 13.2 Å². The second-order valence-electron chi connectivity index (χ2n) is 2.57. The van der Waals surface area contributed by atoms with Crippen LogP contribution < -0.4 is 14.8 Å². The third kappa shape index (κ3) is 8.16. The van der Waals surface area contributed by atoms with E-state index >= 15 is 0 Å². The van der Waals surface area contributed by atoms with Gasteiger partial charge in [-0.2, -0.15) is 13.1 Å². The molecule has 7 nitrogen and oxygen atoms in total. The van der Waals surface area contributed by atoms with Crippen LogP contribution in [-0.2, 0) is 14.9 Å². The second kappa shape index (κ2) is 7.43. The molecule has 0 unspecified atom stereocenters. The van der Waals surface area contributed by atoms with E-state index in [1.54, 1.807) is 11.6 Å². The van der Waals surface area contributed by atoms with Crippen LogP contribution in [-0.4, -0.2) is 40.8 Å². The van der Waals surface area contributed by atoms with E-state index in [1.807, 2.05) is 6.92 Å². The zero-order valence-electron chi connectivity index (χ0n) is 8.87. The van der Waals surface area contributed by atoms with Crippen molar-refractivity contribution in [1.29, 1.82) is 0 Å². The summed E-state index contributed by atoms with van der Waals surface area (Å²) < 4.78 is 30.6. The number of carbonyl (C=O) groups is 1. The first-order valence-corrected chi connectivity index (χ1v) is 6.15. The van der Waals surface area contributed by atoms with Crippen LogP contribution in [0, 0.1) is 0 Å². The normalized spacial score (nSPS) is 11.1. The Morgan fingerprint density at radius 2 is 1.93 bits per heavy atom. The van der Waals surface area contributed by atoms with Gasteiger partial charge < -0.3 is 10.1 Å². The van der Waals surface area contributed by atoms with Gasteiger partial charge in [0.1, 0.15) is 0 Å². The van der Waals surface area contributed by atoms with E-state index in [-0.39, 0.29) is 13.2 Å². The van der Waals surface area contributed by atoms with E-state index in [0.29, 0.717) is 6.54 Å². The van der Waals surface area contributed by atoms with Crippen molar-refractivity contribution in [3.05, 3.63) is 0 Å². The number of likely N-dealkylation sites (N-methyl/N-ethyl adjacent to an activating group) is 1. The zero-order valence-corrected chi connectivity index (χ0v) is 9.69. The third-order valence-corrected chi connectivity index (χ3v) is 2.36. The quantitative estimate of drug-likeness (QED) is 0.504. The molecule has 0 atom stereocenters. The number of hydrogen-bond donors (Lipinski definition) is 3. The summed E-state index contributed by atoms with van der Waals surface area (Å²) in [6, 6.07) is 0. The van der Waals surface area contributed by atoms with Crippen molar-refractivity contribution in [3.63, 3.8) is 0 Å². The Morgan fingerprint density at radius 1 is 1.27 bits per heavy atom. The van der Waals surface area contributed by atoms with Crippen molar-refractivity contribution < 1.29 is 17.9 Å². The van der Waals surface area contributed by atoms with Gasteiger partial charge in [-0.15, -0.1) is 0 Å². The lowest BCUT2D eigenvalue weighted by Gasteiger charge is -2.07. The van der Waals surface area contributed by atoms with E-state index in [1.165, 1.54) is 0 Å². The van der Waals surface area contributed by atoms with Gasteiger partial charge in [-0.3, -0.25) is 0 Å². The van der Waals surface area contributed by atoms with Crippen LogP contribution in [0.15, 0.2) is 0 Å². The summed E-state index contributed by atoms with van der Waals surface area (Å²) in [6.07, 6.45) is -0.978. The maximum atomic E-state index is 11.1. The summed E-state index contributed by atoms with van der Waals surface area (Å²) in [5, 5.41) is 2.93. The van der Waals surface area contributed by atoms with Crippen molar-refractivity contribution in [1.82, 2.24) is 14.8 Å². The Morgan fingerprint density at radius 3 is 2.47 bits per heavy atom. The minimum Gasteiger partial charge on any atom is -0.449 e. The lowest BCUT2D eigenvalue weighted by Crippen LogP contribution is -2.42. The second-order valence-corrected chi connectivity index (χ2v) is 4.07. The highest BCUT2D eigenvalue weighted by Crippen LogP contribution is 1.81. The first kappa shape index (κ1) is 14.1. The lowest BCUT2D eigenvalue weighted by molar-refractivity contribution is 0.158. The highest BCUT2D eigenvalue weighted by Gasteiger charge is 2.13. The molecule has 0 saturated heterocycles. The molecule has 0 heterocycles. The third-order valence-electron chi connectivity index (χ3n) is 1.34. The van der Waals surface area contributed by atoms with Crippen molar-refractivity contribution >= 4 is 16.3 Å². The first-order chi connectivity index (χ1) is 7.02. The lowest BCUT2D eigenvalue weighted by atomic mass is 10.6. The molecule has 90 valence electrons. The number of carbonyl (C=O) groups excluding carboxylic acids is 1. The first-order valence-electron chi connectivity index (χ1n) is 4.66. The average molecular weight is 239 g/mol. The number of nitrogens with one attached hydrogen (secondary N) is 3. The molecule has 0 aromatic carbocycles. The molecule has 0 aromatic heterocycles. The SMILES string of the molecule is CCNCCNS(=O)(=O)NC(=O)OCC. The smallest absolute Gasteiger partial charge is 0.421 e. The van der Waals surface area contributed by atoms with Crippen LogP contribution >= 0.6 is 0 Å². The van der Waals surface area contributed by atoms with Gasteiger partial charge in [0.05, 0.1) is 6.61 Å². The van der Waals surface area contributed by atoms with Crippen molar-refractivity contribution in [2.75, 3.05) is 26.2 Å². The molecule has 0 bridgehead atoms. The van der Waals surface area contributed by atoms with Crippen molar-refractivity contribution in [2.24, 2.45) is 0 Å². The largest absolute Gasteiger partial charge is 0.449 e. The molecule has 8 heteroatoms. The van der Waals surface area contributed by atoms with E-state index in [4.69, 9.17) is 0 Å². The number of ether oxygens (including phenoxy) is 1. The van der Waals surface area contributed by atoms with Crippen LogP contribution in [0.1, 0.15) is 13.8 Å². The molecule has 0 aliphatic heterocycles. The van der Waals surface area contributed by atoms with Gasteiger partial charge >= 0.3 is 16.3 Å². The summed E-state index contributed by atoms with van der Waals surface area (Å²) in [5.74, 6) is 0. The number of amides is 1. The molecule has 0 aromatic rings. The Hall–Kier alpha value is -0.860. The van der Waals surface area contributed by atoms with E-state index in [0.717, 1.165) is 6.54 Å². The van der Waals surface area contributed by atoms with Gasteiger partial charge in [0.2, 0.25) is 0 Å². The molecule has 0 saturated carbocycles. The fraction of sp³-hybridized carbons (Fsp3) is 0.857. The average Bonchev–Trinajstić information content (AvgIpc) is 2.12. The number of rotatable bonds is 7. The highest BCUT2D eigenvalue weighted by atomic mass is 32.2. The van der Waals surface area contributed by atoms with Gasteiger partial charge in [0.25, 0.3) is 0 Å². The van der Waals surface area contributed by atoms with Crippen LogP contribution in [0.4, 0.5) is 4.79 Å². The Labute approximate surface area is 89.7 Å². The summed E-state index contributed by atoms with van der Waals surface area (Å²) in [7, 11) is -3.80. The summed E-state index contributed by atoms with van der Waals surface area (Å²) in [6.45, 7) is 5.09. The topological polar surface area (TPSA) is 96.5 Å². The highest BCUT2D eigenvalue weighted by molar-refractivity contribution is 7.88. The van der Waals surface area contributed by atoms with Gasteiger partial charge in [-0.05, 0) is 13.5 Å². The summed E-state index contributed by atoms with van der Waals surface area (Å²) in [5.41, 5.74) is 0. The van der Waals surface area contributed by atoms with E-state index in [2.05, 4.69) is 14.8 Å². The minimum absolute atomic E-state index is 0.124. The fourth-order valence-electron chi connectivity index (χ4n) is 0.757. The predicted octanol–water partition coefficient (Wildman–Crippen LogP) is -0.824. The van der Waals surface area contributed by atoms with Gasteiger partial charge in [0.15, 0.2) is 0 Å². The number of hydrogen-bond acceptors (Lipinski definition) is 5. The predicted molar refractivity (Wildman–Crippen MR) is 55.6 cm³/mol. The Bertz CT molecular complexity index is 278. The molecular formula is C7H17N3O4S. The van der Waals surface area contributed by atoms with Gasteiger partial charge in [-0.1, -0.05) is 6.92 Å².